The number of carboxylic acid groups (broad SMARTS) is 1. The molecular weight excluding hydrogens is 354 g/mol. The molecule has 0 fully saturated rings. The summed E-state index contributed by atoms with van der Waals surface area (Å²) in [6.45, 7) is 0.150. The molecule has 26 heavy (non-hydrogen) atoms. The highest BCUT2D eigenvalue weighted by Gasteiger charge is 2.16. The summed E-state index contributed by atoms with van der Waals surface area (Å²) in [7, 11) is 0. The Bertz CT molecular complexity index is 704. The fourth-order valence-electron chi connectivity index (χ4n) is 2.57. The number of nitrogens with one attached hydrogen (secondary N) is 1. The number of aryl methyl sites for hydroxylation is 1. The predicted octanol–water partition coefficient (Wildman–Crippen LogP) is 4.43. The Kier molecular flexibility index (Phi) is 7.96. The van der Waals surface area contributed by atoms with Crippen molar-refractivity contribution in [2.24, 2.45) is 0 Å². The SMILES string of the molecule is O=C(O)C[C@H](CCCc1ccc(Cl)cc1)NC(=O)OCc1ccccc1. The summed E-state index contributed by atoms with van der Waals surface area (Å²) in [6, 6.07) is 16.4. The highest BCUT2D eigenvalue weighted by atomic mass is 35.5. The number of hydrogen-bond acceptors (Lipinski definition) is 3. The van der Waals surface area contributed by atoms with Gasteiger partial charge in [0, 0.05) is 11.1 Å². The van der Waals surface area contributed by atoms with Crippen LogP contribution in [0, 0.1) is 0 Å². The maximum Gasteiger partial charge on any atom is 0.407 e. The van der Waals surface area contributed by atoms with Gasteiger partial charge in [0.05, 0.1) is 6.42 Å². The smallest absolute Gasteiger partial charge is 0.407 e. The molecule has 6 heteroatoms. The van der Waals surface area contributed by atoms with Gasteiger partial charge in [-0.25, -0.2) is 4.79 Å². The number of carbonyl (C=O) groups is 2. The van der Waals surface area contributed by atoms with Crippen LogP contribution in [0.5, 0.6) is 0 Å². The maximum absolute atomic E-state index is 11.9. The van der Waals surface area contributed by atoms with Crippen molar-refractivity contribution in [2.75, 3.05) is 0 Å². The Labute approximate surface area is 157 Å². The third kappa shape index (κ3) is 7.57. The number of aliphatic carboxylic acids is 1. The van der Waals surface area contributed by atoms with Gasteiger partial charge in [0.2, 0.25) is 0 Å². The van der Waals surface area contributed by atoms with E-state index in [1.165, 1.54) is 0 Å². The van der Waals surface area contributed by atoms with E-state index < -0.39 is 18.1 Å². The first kappa shape index (κ1) is 19.8. The van der Waals surface area contributed by atoms with Crippen molar-refractivity contribution in [3.05, 3.63) is 70.7 Å². The summed E-state index contributed by atoms with van der Waals surface area (Å²) in [5, 5.41) is 12.4. The normalized spacial score (nSPS) is 11.6. The van der Waals surface area contributed by atoms with E-state index in [1.807, 2.05) is 54.6 Å². The minimum absolute atomic E-state index is 0.138. The van der Waals surface area contributed by atoms with Gasteiger partial charge in [-0.15, -0.1) is 0 Å². The lowest BCUT2D eigenvalue weighted by Crippen LogP contribution is -2.36. The van der Waals surface area contributed by atoms with Gasteiger partial charge in [0.25, 0.3) is 0 Å². The van der Waals surface area contributed by atoms with Gasteiger partial charge in [-0.2, -0.15) is 0 Å². The van der Waals surface area contributed by atoms with E-state index in [1.54, 1.807) is 0 Å². The Morgan fingerprint density at radius 3 is 2.38 bits per heavy atom. The van der Waals surface area contributed by atoms with Crippen LogP contribution < -0.4 is 5.32 Å². The first-order valence-corrected chi connectivity index (χ1v) is 8.84. The third-order valence-corrected chi connectivity index (χ3v) is 4.14. The molecule has 0 saturated heterocycles. The average molecular weight is 376 g/mol. The molecule has 0 bridgehead atoms. The Hall–Kier alpha value is -2.53. The molecule has 2 aromatic rings. The maximum atomic E-state index is 11.9. The van der Waals surface area contributed by atoms with Crippen molar-refractivity contribution in [1.82, 2.24) is 5.32 Å². The molecule has 5 nitrogen and oxygen atoms in total. The summed E-state index contributed by atoms with van der Waals surface area (Å²) in [5.41, 5.74) is 2.00. The van der Waals surface area contributed by atoms with Crippen molar-refractivity contribution in [1.29, 1.82) is 0 Å². The molecule has 138 valence electrons. The molecule has 0 aliphatic heterocycles. The van der Waals surface area contributed by atoms with Crippen molar-refractivity contribution < 1.29 is 19.4 Å². The second kappa shape index (κ2) is 10.5. The van der Waals surface area contributed by atoms with Gasteiger partial charge in [-0.05, 0) is 42.5 Å². The zero-order chi connectivity index (χ0) is 18.8. The molecule has 0 saturated carbocycles. The van der Waals surface area contributed by atoms with E-state index in [2.05, 4.69) is 5.32 Å². The number of carbonyl (C=O) groups excluding carboxylic acids is 1. The fourth-order valence-corrected chi connectivity index (χ4v) is 2.70. The Morgan fingerprint density at radius 1 is 1.04 bits per heavy atom. The van der Waals surface area contributed by atoms with Crippen LogP contribution in [-0.4, -0.2) is 23.2 Å². The van der Waals surface area contributed by atoms with Crippen LogP contribution in [0.4, 0.5) is 4.79 Å². The molecule has 0 unspecified atom stereocenters. The molecule has 1 atom stereocenters. The van der Waals surface area contributed by atoms with Crippen molar-refractivity contribution in [3.63, 3.8) is 0 Å². The first-order valence-electron chi connectivity index (χ1n) is 8.46. The molecule has 0 heterocycles. The van der Waals surface area contributed by atoms with E-state index in [4.69, 9.17) is 21.4 Å². The Balaban J connectivity index is 1.78. The molecule has 2 N–H and O–H groups in total. The van der Waals surface area contributed by atoms with Crippen molar-refractivity contribution >= 4 is 23.7 Å². The van der Waals surface area contributed by atoms with E-state index in [0.717, 1.165) is 24.0 Å². The molecule has 0 spiro atoms. The lowest BCUT2D eigenvalue weighted by atomic mass is 10.0. The zero-order valence-corrected chi connectivity index (χ0v) is 15.1. The quantitative estimate of drug-likeness (QED) is 0.679. The Morgan fingerprint density at radius 2 is 1.73 bits per heavy atom. The number of benzene rings is 2. The summed E-state index contributed by atoms with van der Waals surface area (Å²) >= 11 is 5.86. The second-order valence-electron chi connectivity index (χ2n) is 6.02. The molecule has 0 radical (unpaired) electrons. The third-order valence-electron chi connectivity index (χ3n) is 3.89. The zero-order valence-electron chi connectivity index (χ0n) is 14.4. The van der Waals surface area contributed by atoms with Crippen LogP contribution in [0.1, 0.15) is 30.4 Å². The highest BCUT2D eigenvalue weighted by molar-refractivity contribution is 6.30. The molecular formula is C20H22ClNO4. The molecule has 2 rings (SSSR count). The van der Waals surface area contributed by atoms with Gasteiger partial charge in [0.15, 0.2) is 0 Å². The molecule has 0 aromatic heterocycles. The van der Waals surface area contributed by atoms with Gasteiger partial charge in [-0.1, -0.05) is 54.1 Å². The number of amides is 1. The minimum atomic E-state index is -0.954. The number of carboxylic acids is 1. The lowest BCUT2D eigenvalue weighted by Gasteiger charge is -2.17. The number of ether oxygens (including phenoxy) is 1. The van der Waals surface area contributed by atoms with Crippen LogP contribution in [0.15, 0.2) is 54.6 Å². The molecule has 0 aliphatic rings. The van der Waals surface area contributed by atoms with Crippen LogP contribution in [0.25, 0.3) is 0 Å². The van der Waals surface area contributed by atoms with Crippen molar-refractivity contribution in [2.45, 2.75) is 38.3 Å². The molecule has 0 aliphatic carbocycles. The minimum Gasteiger partial charge on any atom is -0.481 e. The molecule has 2 aromatic carbocycles. The highest BCUT2D eigenvalue weighted by Crippen LogP contribution is 2.13. The van der Waals surface area contributed by atoms with Gasteiger partial charge in [0.1, 0.15) is 6.61 Å². The summed E-state index contributed by atoms with van der Waals surface area (Å²) in [6.07, 6.45) is 1.34. The van der Waals surface area contributed by atoms with Crippen LogP contribution in [0.3, 0.4) is 0 Å². The number of rotatable bonds is 9. The summed E-state index contributed by atoms with van der Waals surface area (Å²) < 4.78 is 5.16. The summed E-state index contributed by atoms with van der Waals surface area (Å²) in [5.74, 6) is -0.954. The van der Waals surface area contributed by atoms with Gasteiger partial charge in [-0.3, -0.25) is 4.79 Å². The van der Waals surface area contributed by atoms with Gasteiger partial charge < -0.3 is 15.2 Å². The largest absolute Gasteiger partial charge is 0.481 e. The van der Waals surface area contributed by atoms with E-state index in [0.29, 0.717) is 11.4 Å². The van der Waals surface area contributed by atoms with Crippen LogP contribution >= 0.6 is 11.6 Å². The van der Waals surface area contributed by atoms with E-state index in [-0.39, 0.29) is 13.0 Å². The van der Waals surface area contributed by atoms with Crippen molar-refractivity contribution in [3.8, 4) is 0 Å². The number of alkyl carbamates (subject to hydrolysis) is 1. The first-order chi connectivity index (χ1) is 12.5. The van der Waals surface area contributed by atoms with Gasteiger partial charge >= 0.3 is 12.1 Å². The average Bonchev–Trinajstić information content (AvgIpc) is 2.62. The lowest BCUT2D eigenvalue weighted by molar-refractivity contribution is -0.137. The van der Waals surface area contributed by atoms with E-state index in [9.17, 15) is 9.59 Å². The number of hydrogen-bond donors (Lipinski definition) is 2. The number of halogens is 1. The van der Waals surface area contributed by atoms with E-state index >= 15 is 0 Å². The monoisotopic (exact) mass is 375 g/mol. The summed E-state index contributed by atoms with van der Waals surface area (Å²) in [4.78, 5) is 23.0. The fraction of sp³-hybridized carbons (Fsp3) is 0.300. The topological polar surface area (TPSA) is 75.6 Å². The van der Waals surface area contributed by atoms with Crippen LogP contribution in [0.2, 0.25) is 5.02 Å². The van der Waals surface area contributed by atoms with Crippen LogP contribution in [-0.2, 0) is 22.6 Å². The molecule has 1 amide bonds. The predicted molar refractivity (Wildman–Crippen MR) is 100 cm³/mol. The second-order valence-corrected chi connectivity index (χ2v) is 6.46. The standard InChI is InChI=1S/C20H22ClNO4/c21-17-11-9-15(10-12-17)7-4-8-18(13-19(23)24)22-20(25)26-14-16-5-2-1-3-6-16/h1-3,5-6,9-12,18H,4,7-8,13-14H2,(H,22,25)(H,23,24)/t18-/m0/s1.